The van der Waals surface area contributed by atoms with Gasteiger partial charge in [0.1, 0.15) is 0 Å². The van der Waals surface area contributed by atoms with Gasteiger partial charge in [-0.25, -0.2) is 0 Å². The third kappa shape index (κ3) is 1.65. The van der Waals surface area contributed by atoms with Gasteiger partial charge in [0, 0.05) is 0 Å². The van der Waals surface area contributed by atoms with Gasteiger partial charge in [-0.05, 0) is 56.5 Å². The summed E-state index contributed by atoms with van der Waals surface area (Å²) < 4.78 is 0. The second kappa shape index (κ2) is 3.93. The molecule has 1 aliphatic heterocycles. The van der Waals surface area contributed by atoms with Crippen molar-refractivity contribution in [3.8, 4) is 0 Å². The van der Waals surface area contributed by atoms with Crippen LogP contribution in [-0.2, 0) is 0 Å². The Morgan fingerprint density at radius 3 is 1.93 bits per heavy atom. The highest BCUT2D eigenvalue weighted by Crippen LogP contribution is 2.45. The minimum atomic E-state index is 0.784. The van der Waals surface area contributed by atoms with E-state index in [0.717, 1.165) is 29.6 Å². The molecule has 1 aliphatic carbocycles. The fraction of sp³-hybridized carbons (Fsp3) is 0.857. The van der Waals surface area contributed by atoms with Crippen molar-refractivity contribution in [3.05, 3.63) is 11.1 Å². The number of nitrogens with one attached hydrogen (secondary N) is 1. The molecule has 0 aromatic rings. The van der Waals surface area contributed by atoms with Gasteiger partial charge in [-0.3, -0.25) is 0 Å². The molecule has 0 aromatic carbocycles. The monoisotopic (exact) mass is 207 g/mol. The van der Waals surface area contributed by atoms with Gasteiger partial charge in [0.25, 0.3) is 0 Å². The number of rotatable bonds is 1. The lowest BCUT2D eigenvalue weighted by Crippen LogP contribution is -2.51. The average Bonchev–Trinajstić information content (AvgIpc) is 2.15. The standard InChI is InChI=1S/C14H25N/c1-8-9(2)11(4)14(12(5)10(8)3)13-6-15-7-13/h9,11-15H,6-7H2,1-5H3/t9-,11?,12?,14?/m0/s1. The van der Waals surface area contributed by atoms with Gasteiger partial charge in [0.15, 0.2) is 0 Å². The minimum absolute atomic E-state index is 0.784. The van der Waals surface area contributed by atoms with Gasteiger partial charge in [0.05, 0.1) is 0 Å². The fourth-order valence-electron chi connectivity index (χ4n) is 3.61. The first kappa shape index (κ1) is 11.2. The Hall–Kier alpha value is -0.300. The first-order chi connectivity index (χ1) is 7.04. The normalized spacial score (nSPS) is 43.0. The van der Waals surface area contributed by atoms with Crippen LogP contribution in [-0.4, -0.2) is 13.1 Å². The van der Waals surface area contributed by atoms with Crippen molar-refractivity contribution in [1.29, 1.82) is 0 Å². The Kier molecular flexibility index (Phi) is 2.94. The summed E-state index contributed by atoms with van der Waals surface area (Å²) in [4.78, 5) is 0. The van der Waals surface area contributed by atoms with Crippen LogP contribution in [0.25, 0.3) is 0 Å². The van der Waals surface area contributed by atoms with Crippen LogP contribution in [0.3, 0.4) is 0 Å². The molecule has 0 aromatic heterocycles. The molecule has 15 heavy (non-hydrogen) atoms. The number of allylic oxidation sites excluding steroid dienone is 2. The zero-order valence-corrected chi connectivity index (χ0v) is 10.8. The van der Waals surface area contributed by atoms with E-state index >= 15 is 0 Å². The predicted octanol–water partition coefficient (Wildman–Crippen LogP) is 3.08. The molecule has 2 rings (SSSR count). The van der Waals surface area contributed by atoms with Crippen LogP contribution >= 0.6 is 0 Å². The molecule has 0 saturated carbocycles. The summed E-state index contributed by atoms with van der Waals surface area (Å²) in [6, 6.07) is 0. The lowest BCUT2D eigenvalue weighted by atomic mass is 9.61. The lowest BCUT2D eigenvalue weighted by Gasteiger charge is -2.47. The first-order valence-electron chi connectivity index (χ1n) is 6.42. The minimum Gasteiger partial charge on any atom is -0.316 e. The molecule has 0 amide bonds. The van der Waals surface area contributed by atoms with Crippen molar-refractivity contribution in [1.82, 2.24) is 5.32 Å². The summed E-state index contributed by atoms with van der Waals surface area (Å²) in [7, 11) is 0. The molecule has 1 N–H and O–H groups in total. The maximum Gasteiger partial charge on any atom is -0.000527 e. The highest BCUT2D eigenvalue weighted by molar-refractivity contribution is 5.21. The van der Waals surface area contributed by atoms with Crippen LogP contribution in [0, 0.1) is 29.6 Å². The van der Waals surface area contributed by atoms with Crippen LogP contribution in [0.4, 0.5) is 0 Å². The summed E-state index contributed by atoms with van der Waals surface area (Å²) >= 11 is 0. The third-order valence-corrected chi connectivity index (χ3v) is 5.32. The Morgan fingerprint density at radius 2 is 1.47 bits per heavy atom. The molecule has 0 radical (unpaired) electrons. The second-order valence-corrected chi connectivity index (χ2v) is 5.80. The quantitative estimate of drug-likeness (QED) is 0.652. The van der Waals surface area contributed by atoms with Crippen molar-refractivity contribution >= 4 is 0 Å². The van der Waals surface area contributed by atoms with Crippen molar-refractivity contribution < 1.29 is 0 Å². The summed E-state index contributed by atoms with van der Waals surface area (Å²) in [6.45, 7) is 14.5. The Bertz CT molecular complexity index is 275. The van der Waals surface area contributed by atoms with Crippen molar-refractivity contribution in [2.75, 3.05) is 13.1 Å². The zero-order chi connectivity index (χ0) is 11.2. The fourth-order valence-corrected chi connectivity index (χ4v) is 3.61. The van der Waals surface area contributed by atoms with Crippen LogP contribution < -0.4 is 5.32 Å². The zero-order valence-electron chi connectivity index (χ0n) is 10.8. The number of hydrogen-bond acceptors (Lipinski definition) is 1. The highest BCUT2D eigenvalue weighted by atomic mass is 15.0. The van der Waals surface area contributed by atoms with E-state index in [0.29, 0.717) is 0 Å². The van der Waals surface area contributed by atoms with Gasteiger partial charge in [-0.2, -0.15) is 0 Å². The van der Waals surface area contributed by atoms with E-state index in [2.05, 4.69) is 39.9 Å². The maximum atomic E-state index is 3.42. The van der Waals surface area contributed by atoms with E-state index in [1.165, 1.54) is 13.1 Å². The largest absolute Gasteiger partial charge is 0.316 e. The SMILES string of the molecule is CC1=C(C)[C@H](C)C(C)C(C2CNC2)C1C. The van der Waals surface area contributed by atoms with E-state index in [-0.39, 0.29) is 0 Å². The van der Waals surface area contributed by atoms with E-state index in [1.807, 2.05) is 0 Å². The molecule has 86 valence electrons. The molecular formula is C14H25N. The lowest BCUT2D eigenvalue weighted by molar-refractivity contribution is 0.0973. The molecule has 0 bridgehead atoms. The van der Waals surface area contributed by atoms with Crippen molar-refractivity contribution in [2.45, 2.75) is 34.6 Å². The second-order valence-electron chi connectivity index (χ2n) is 5.80. The van der Waals surface area contributed by atoms with E-state index < -0.39 is 0 Å². The average molecular weight is 207 g/mol. The van der Waals surface area contributed by atoms with E-state index in [9.17, 15) is 0 Å². The van der Waals surface area contributed by atoms with Crippen molar-refractivity contribution in [3.63, 3.8) is 0 Å². The molecule has 0 spiro atoms. The van der Waals surface area contributed by atoms with Gasteiger partial charge in [-0.15, -0.1) is 0 Å². The Morgan fingerprint density at radius 1 is 0.933 bits per heavy atom. The van der Waals surface area contributed by atoms with E-state index in [1.54, 1.807) is 11.1 Å². The molecule has 2 aliphatic rings. The molecule has 4 atom stereocenters. The summed E-state index contributed by atoms with van der Waals surface area (Å²) in [5.41, 5.74) is 3.32. The first-order valence-corrected chi connectivity index (χ1v) is 6.42. The highest BCUT2D eigenvalue weighted by Gasteiger charge is 2.41. The molecule has 1 fully saturated rings. The smallest absolute Gasteiger partial charge is 0.000527 e. The summed E-state index contributed by atoms with van der Waals surface area (Å²) in [6.07, 6.45) is 0. The topological polar surface area (TPSA) is 12.0 Å². The van der Waals surface area contributed by atoms with Gasteiger partial charge in [0.2, 0.25) is 0 Å². The van der Waals surface area contributed by atoms with Gasteiger partial charge in [-0.1, -0.05) is 31.9 Å². The van der Waals surface area contributed by atoms with E-state index in [4.69, 9.17) is 0 Å². The Balaban J connectivity index is 2.25. The number of hydrogen-bond donors (Lipinski definition) is 1. The van der Waals surface area contributed by atoms with Gasteiger partial charge >= 0.3 is 0 Å². The summed E-state index contributed by atoms with van der Waals surface area (Å²) in [5, 5.41) is 3.42. The van der Waals surface area contributed by atoms with Crippen LogP contribution in [0.2, 0.25) is 0 Å². The summed E-state index contributed by atoms with van der Waals surface area (Å²) in [5.74, 6) is 4.27. The van der Waals surface area contributed by atoms with Crippen LogP contribution in [0.15, 0.2) is 11.1 Å². The van der Waals surface area contributed by atoms with Gasteiger partial charge < -0.3 is 5.32 Å². The maximum absolute atomic E-state index is 3.42. The molecule has 1 saturated heterocycles. The molecule has 1 heterocycles. The third-order valence-electron chi connectivity index (χ3n) is 5.32. The molecule has 3 unspecified atom stereocenters. The molecule has 1 heteroatoms. The van der Waals surface area contributed by atoms with Crippen molar-refractivity contribution in [2.24, 2.45) is 29.6 Å². The predicted molar refractivity (Wildman–Crippen MR) is 65.7 cm³/mol. The van der Waals surface area contributed by atoms with Crippen LogP contribution in [0.1, 0.15) is 34.6 Å². The molecule has 1 nitrogen and oxygen atoms in total. The Labute approximate surface area is 94.3 Å². The molecular weight excluding hydrogens is 182 g/mol. The van der Waals surface area contributed by atoms with Crippen LogP contribution in [0.5, 0.6) is 0 Å².